The summed E-state index contributed by atoms with van der Waals surface area (Å²) in [5.41, 5.74) is 7.55. The van der Waals surface area contributed by atoms with E-state index in [4.69, 9.17) is 10.5 Å². The highest BCUT2D eigenvalue weighted by Gasteiger charge is 2.10. The van der Waals surface area contributed by atoms with Crippen molar-refractivity contribution in [3.05, 3.63) is 24.1 Å². The van der Waals surface area contributed by atoms with Crippen molar-refractivity contribution in [1.82, 2.24) is 4.98 Å². The van der Waals surface area contributed by atoms with Crippen molar-refractivity contribution in [2.45, 2.75) is 0 Å². The summed E-state index contributed by atoms with van der Waals surface area (Å²) >= 11 is 0. The maximum atomic E-state index is 13.4. The zero-order chi connectivity index (χ0) is 11.7. The Bertz CT molecular complexity index is 542. The molecule has 0 aliphatic carbocycles. The molecular formula is C11H12FN3O. The van der Waals surface area contributed by atoms with Gasteiger partial charge in [-0.1, -0.05) is 0 Å². The molecule has 0 radical (unpaired) electrons. The fourth-order valence-electron chi connectivity index (χ4n) is 1.64. The van der Waals surface area contributed by atoms with Gasteiger partial charge in [0.05, 0.1) is 30.2 Å². The Morgan fingerprint density at radius 2 is 2.19 bits per heavy atom. The summed E-state index contributed by atoms with van der Waals surface area (Å²) in [5.74, 6) is -0.259. The number of ether oxygens (including phenoxy) is 1. The summed E-state index contributed by atoms with van der Waals surface area (Å²) in [4.78, 5) is 4.07. The Morgan fingerprint density at radius 1 is 1.44 bits per heavy atom. The normalized spacial score (nSPS) is 10.4. The minimum atomic E-state index is -0.436. The van der Waals surface area contributed by atoms with E-state index in [1.165, 1.54) is 19.4 Å². The van der Waals surface area contributed by atoms with E-state index in [-0.39, 0.29) is 5.75 Å². The fourth-order valence-corrected chi connectivity index (χ4v) is 1.64. The predicted octanol–water partition coefficient (Wildman–Crippen LogP) is 2.01. The molecule has 0 saturated carbocycles. The number of nitrogens with zero attached hydrogens (tertiary/aromatic N) is 1. The van der Waals surface area contributed by atoms with E-state index in [0.29, 0.717) is 11.2 Å². The number of nitrogen functional groups attached to an aromatic ring is 1. The van der Waals surface area contributed by atoms with Crippen LogP contribution in [0.4, 0.5) is 15.8 Å². The van der Waals surface area contributed by atoms with Gasteiger partial charge in [-0.15, -0.1) is 0 Å². The standard InChI is InChI=1S/C11H12FN3O/c1-14-11-6-3-10(16-2)7(12)4-9(6)15-5-8(11)13/h3-5H,13H2,1-2H3,(H,14,15). The third-order valence-electron chi connectivity index (χ3n) is 2.42. The summed E-state index contributed by atoms with van der Waals surface area (Å²) in [6.07, 6.45) is 1.50. The Morgan fingerprint density at radius 3 is 2.81 bits per heavy atom. The third kappa shape index (κ3) is 1.50. The highest BCUT2D eigenvalue weighted by atomic mass is 19.1. The minimum Gasteiger partial charge on any atom is -0.494 e. The van der Waals surface area contributed by atoms with Crippen molar-refractivity contribution in [2.24, 2.45) is 0 Å². The molecule has 0 unspecified atom stereocenters. The predicted molar refractivity (Wildman–Crippen MR) is 62.2 cm³/mol. The van der Waals surface area contributed by atoms with E-state index in [1.807, 2.05) is 0 Å². The zero-order valence-electron chi connectivity index (χ0n) is 9.04. The first-order chi connectivity index (χ1) is 7.67. The van der Waals surface area contributed by atoms with Crippen molar-refractivity contribution in [2.75, 3.05) is 25.2 Å². The number of aromatic nitrogens is 1. The summed E-state index contributed by atoms with van der Waals surface area (Å²) in [6, 6.07) is 2.91. The van der Waals surface area contributed by atoms with Gasteiger partial charge in [0.15, 0.2) is 11.6 Å². The SMILES string of the molecule is CNc1c(N)cnc2cc(F)c(OC)cc12. The lowest BCUT2D eigenvalue weighted by Crippen LogP contribution is -1.99. The molecule has 2 rings (SSSR count). The molecule has 0 saturated heterocycles. The lowest BCUT2D eigenvalue weighted by Gasteiger charge is -2.10. The number of nitrogens with one attached hydrogen (secondary N) is 1. The fraction of sp³-hybridized carbons (Fsp3) is 0.182. The minimum absolute atomic E-state index is 0.177. The monoisotopic (exact) mass is 221 g/mol. The molecule has 0 bridgehead atoms. The zero-order valence-corrected chi connectivity index (χ0v) is 9.04. The lowest BCUT2D eigenvalue weighted by atomic mass is 10.1. The van der Waals surface area contributed by atoms with Gasteiger partial charge < -0.3 is 15.8 Å². The third-order valence-corrected chi connectivity index (χ3v) is 2.42. The Hall–Kier alpha value is -2.04. The topological polar surface area (TPSA) is 60.2 Å². The van der Waals surface area contributed by atoms with Gasteiger partial charge in [-0.25, -0.2) is 4.39 Å². The second-order valence-electron chi connectivity index (χ2n) is 3.34. The van der Waals surface area contributed by atoms with Crippen LogP contribution in [0.25, 0.3) is 10.9 Å². The molecule has 84 valence electrons. The number of hydrogen-bond acceptors (Lipinski definition) is 4. The number of rotatable bonds is 2. The van der Waals surface area contributed by atoms with E-state index in [1.54, 1.807) is 13.1 Å². The van der Waals surface area contributed by atoms with E-state index >= 15 is 0 Å². The van der Waals surface area contributed by atoms with Crippen LogP contribution in [-0.2, 0) is 0 Å². The largest absolute Gasteiger partial charge is 0.494 e. The molecule has 0 fully saturated rings. The van der Waals surface area contributed by atoms with Crippen molar-refractivity contribution in [1.29, 1.82) is 0 Å². The Kier molecular flexibility index (Phi) is 2.52. The van der Waals surface area contributed by atoms with Crippen LogP contribution in [0.3, 0.4) is 0 Å². The van der Waals surface area contributed by atoms with Crippen LogP contribution < -0.4 is 15.8 Å². The Balaban J connectivity index is 2.81. The van der Waals surface area contributed by atoms with Gasteiger partial charge in [-0.05, 0) is 6.07 Å². The van der Waals surface area contributed by atoms with E-state index in [2.05, 4.69) is 10.3 Å². The molecule has 16 heavy (non-hydrogen) atoms. The molecule has 4 nitrogen and oxygen atoms in total. The van der Waals surface area contributed by atoms with Gasteiger partial charge in [0.1, 0.15) is 0 Å². The molecule has 5 heteroatoms. The molecule has 0 amide bonds. The first-order valence-electron chi connectivity index (χ1n) is 4.77. The summed E-state index contributed by atoms with van der Waals surface area (Å²) in [6.45, 7) is 0. The van der Waals surface area contributed by atoms with Gasteiger partial charge >= 0.3 is 0 Å². The smallest absolute Gasteiger partial charge is 0.167 e. The summed E-state index contributed by atoms with van der Waals surface area (Å²) in [7, 11) is 3.17. The average Bonchev–Trinajstić information content (AvgIpc) is 2.28. The number of benzene rings is 1. The van der Waals surface area contributed by atoms with Gasteiger partial charge in [0.25, 0.3) is 0 Å². The summed E-state index contributed by atoms with van der Waals surface area (Å²) in [5, 5.41) is 3.70. The van der Waals surface area contributed by atoms with Crippen molar-refractivity contribution < 1.29 is 9.13 Å². The van der Waals surface area contributed by atoms with Crippen molar-refractivity contribution in [3.8, 4) is 5.75 Å². The van der Waals surface area contributed by atoms with E-state index < -0.39 is 5.82 Å². The Labute approximate surface area is 92.2 Å². The molecule has 1 heterocycles. The number of hydrogen-bond donors (Lipinski definition) is 2. The molecule has 2 aromatic rings. The highest BCUT2D eigenvalue weighted by Crippen LogP contribution is 2.31. The molecule has 1 aromatic carbocycles. The molecule has 0 aliphatic rings. The molecule has 0 aliphatic heterocycles. The molecule has 0 atom stereocenters. The average molecular weight is 221 g/mol. The lowest BCUT2D eigenvalue weighted by molar-refractivity contribution is 0.387. The van der Waals surface area contributed by atoms with Crippen LogP contribution >= 0.6 is 0 Å². The summed E-state index contributed by atoms with van der Waals surface area (Å²) < 4.78 is 18.4. The van der Waals surface area contributed by atoms with Crippen molar-refractivity contribution in [3.63, 3.8) is 0 Å². The quantitative estimate of drug-likeness (QED) is 0.814. The van der Waals surface area contributed by atoms with Crippen molar-refractivity contribution >= 4 is 22.3 Å². The van der Waals surface area contributed by atoms with Crippen LogP contribution in [0.5, 0.6) is 5.75 Å². The molecule has 0 spiro atoms. The number of nitrogens with two attached hydrogens (primary N) is 1. The number of halogens is 1. The molecule has 1 aromatic heterocycles. The van der Waals surface area contributed by atoms with Gasteiger partial charge in [-0.3, -0.25) is 4.98 Å². The number of methoxy groups -OCH3 is 1. The first kappa shape index (κ1) is 10.5. The maximum absolute atomic E-state index is 13.4. The molecular weight excluding hydrogens is 209 g/mol. The van der Waals surface area contributed by atoms with Gasteiger partial charge in [0, 0.05) is 18.5 Å². The highest BCUT2D eigenvalue weighted by molar-refractivity contribution is 5.97. The number of pyridine rings is 1. The van der Waals surface area contributed by atoms with Crippen LogP contribution in [-0.4, -0.2) is 19.1 Å². The van der Waals surface area contributed by atoms with E-state index in [0.717, 1.165) is 11.1 Å². The van der Waals surface area contributed by atoms with Crippen LogP contribution in [0, 0.1) is 5.82 Å². The number of fused-ring (bicyclic) bond motifs is 1. The van der Waals surface area contributed by atoms with Crippen LogP contribution in [0.1, 0.15) is 0 Å². The van der Waals surface area contributed by atoms with Gasteiger partial charge in [-0.2, -0.15) is 0 Å². The van der Waals surface area contributed by atoms with Gasteiger partial charge in [0.2, 0.25) is 0 Å². The maximum Gasteiger partial charge on any atom is 0.167 e. The second kappa shape index (κ2) is 3.84. The first-order valence-corrected chi connectivity index (χ1v) is 4.77. The molecule has 3 N–H and O–H groups in total. The van der Waals surface area contributed by atoms with E-state index in [9.17, 15) is 4.39 Å². The number of anilines is 2. The second-order valence-corrected chi connectivity index (χ2v) is 3.34. The van der Waals surface area contributed by atoms with Crippen LogP contribution in [0.15, 0.2) is 18.3 Å². The van der Waals surface area contributed by atoms with Crippen LogP contribution in [0.2, 0.25) is 0 Å².